The molecule has 0 fully saturated rings. The van der Waals surface area contributed by atoms with Crippen molar-refractivity contribution in [2.75, 3.05) is 34.2 Å². The molecule has 1 atom stereocenters. The molecule has 0 aliphatic carbocycles. The first-order valence-electron chi connectivity index (χ1n) is 4.84. The van der Waals surface area contributed by atoms with Crippen LogP contribution in [0.25, 0.3) is 0 Å². The van der Waals surface area contributed by atoms with Crippen LogP contribution < -0.4 is 11.3 Å². The molecule has 3 N–H and O–H groups in total. The van der Waals surface area contributed by atoms with Gasteiger partial charge in [0.2, 0.25) is 0 Å². The number of nitrogens with two attached hydrogens (primary N) is 1. The van der Waals surface area contributed by atoms with E-state index in [-0.39, 0.29) is 11.9 Å². The predicted molar refractivity (Wildman–Crippen MR) is 57.6 cm³/mol. The van der Waals surface area contributed by atoms with Gasteiger partial charge in [-0.1, -0.05) is 0 Å². The molecule has 0 spiro atoms. The highest BCUT2D eigenvalue weighted by Gasteiger charge is 2.15. The van der Waals surface area contributed by atoms with E-state index >= 15 is 0 Å². The van der Waals surface area contributed by atoms with Crippen molar-refractivity contribution in [2.24, 2.45) is 5.84 Å². The topological polar surface area (TPSA) is 61.6 Å². The molecule has 0 aliphatic rings. The third kappa shape index (κ3) is 5.16. The summed E-state index contributed by atoms with van der Waals surface area (Å²) >= 11 is 0. The summed E-state index contributed by atoms with van der Waals surface area (Å²) in [5, 5.41) is 0. The number of nitrogens with one attached hydrogen (secondary N) is 1. The Morgan fingerprint density at radius 1 is 1.36 bits per heavy atom. The standard InChI is InChI=1S/C9H22N4O/c1-8(9(14)11-10)13(4)7-5-6-12(2)3/h8H,5-7,10H2,1-4H3,(H,11,14). The zero-order valence-corrected chi connectivity index (χ0v) is 9.58. The molecule has 14 heavy (non-hydrogen) atoms. The number of hydrazine groups is 1. The average molecular weight is 202 g/mol. The summed E-state index contributed by atoms with van der Waals surface area (Å²) in [4.78, 5) is 15.3. The van der Waals surface area contributed by atoms with E-state index in [1.54, 1.807) is 0 Å². The molecule has 5 heteroatoms. The molecule has 84 valence electrons. The minimum atomic E-state index is -0.165. The molecule has 0 saturated heterocycles. The fourth-order valence-corrected chi connectivity index (χ4v) is 1.15. The fourth-order valence-electron chi connectivity index (χ4n) is 1.15. The first-order chi connectivity index (χ1) is 6.49. The highest BCUT2D eigenvalue weighted by Crippen LogP contribution is 1.97. The first-order valence-corrected chi connectivity index (χ1v) is 4.84. The second-order valence-electron chi connectivity index (χ2n) is 3.82. The van der Waals surface area contributed by atoms with Crippen molar-refractivity contribution in [3.05, 3.63) is 0 Å². The quantitative estimate of drug-likeness (QED) is 0.338. The Bertz CT molecular complexity index is 172. The molecule has 0 bridgehead atoms. The maximum Gasteiger partial charge on any atom is 0.250 e. The Morgan fingerprint density at radius 2 is 1.93 bits per heavy atom. The van der Waals surface area contributed by atoms with Crippen LogP contribution in [0.15, 0.2) is 0 Å². The molecule has 0 aromatic carbocycles. The van der Waals surface area contributed by atoms with E-state index in [9.17, 15) is 4.79 Å². The number of rotatable bonds is 6. The zero-order valence-electron chi connectivity index (χ0n) is 9.58. The maximum absolute atomic E-state index is 11.2. The van der Waals surface area contributed by atoms with Crippen molar-refractivity contribution in [2.45, 2.75) is 19.4 Å². The number of nitrogens with zero attached hydrogens (tertiary/aromatic N) is 2. The second kappa shape index (κ2) is 6.75. The molecule has 1 unspecified atom stereocenters. The fraction of sp³-hybridized carbons (Fsp3) is 0.889. The van der Waals surface area contributed by atoms with Crippen molar-refractivity contribution in [1.29, 1.82) is 0 Å². The van der Waals surface area contributed by atoms with Gasteiger partial charge in [-0.25, -0.2) is 5.84 Å². The van der Waals surface area contributed by atoms with Gasteiger partial charge in [-0.3, -0.25) is 15.1 Å². The molecular weight excluding hydrogens is 180 g/mol. The van der Waals surface area contributed by atoms with E-state index in [4.69, 9.17) is 5.84 Å². The van der Waals surface area contributed by atoms with E-state index in [1.807, 2.05) is 33.0 Å². The summed E-state index contributed by atoms with van der Waals surface area (Å²) in [5.41, 5.74) is 2.15. The average Bonchev–Trinajstić information content (AvgIpc) is 2.14. The normalized spacial score (nSPS) is 13.4. The highest BCUT2D eigenvalue weighted by molar-refractivity contribution is 5.80. The van der Waals surface area contributed by atoms with Crippen LogP contribution in [0.1, 0.15) is 13.3 Å². The lowest BCUT2D eigenvalue weighted by Crippen LogP contribution is -2.46. The SMILES string of the molecule is CC(C(=O)NN)N(C)CCCN(C)C. The molecule has 0 heterocycles. The third-order valence-electron chi connectivity index (χ3n) is 2.30. The monoisotopic (exact) mass is 202 g/mol. The van der Waals surface area contributed by atoms with Crippen molar-refractivity contribution in [3.63, 3.8) is 0 Å². The molecule has 0 aliphatic heterocycles. The lowest BCUT2D eigenvalue weighted by Gasteiger charge is -2.23. The van der Waals surface area contributed by atoms with Crippen molar-refractivity contribution < 1.29 is 4.79 Å². The lowest BCUT2D eigenvalue weighted by molar-refractivity contribution is -0.125. The number of hydrogen-bond acceptors (Lipinski definition) is 4. The summed E-state index contributed by atoms with van der Waals surface area (Å²) < 4.78 is 0. The van der Waals surface area contributed by atoms with Crippen LogP contribution in [0.2, 0.25) is 0 Å². The molecule has 5 nitrogen and oxygen atoms in total. The largest absolute Gasteiger partial charge is 0.309 e. The van der Waals surface area contributed by atoms with E-state index in [2.05, 4.69) is 10.3 Å². The third-order valence-corrected chi connectivity index (χ3v) is 2.30. The lowest BCUT2D eigenvalue weighted by atomic mass is 10.2. The number of likely N-dealkylation sites (N-methyl/N-ethyl adjacent to an activating group) is 1. The Hall–Kier alpha value is -0.650. The van der Waals surface area contributed by atoms with Crippen LogP contribution in [-0.4, -0.2) is 56.0 Å². The van der Waals surface area contributed by atoms with E-state index in [1.165, 1.54) is 0 Å². The van der Waals surface area contributed by atoms with Gasteiger partial charge in [0.1, 0.15) is 0 Å². The number of hydrogen-bond donors (Lipinski definition) is 2. The van der Waals surface area contributed by atoms with E-state index < -0.39 is 0 Å². The van der Waals surface area contributed by atoms with Crippen molar-refractivity contribution in [3.8, 4) is 0 Å². The van der Waals surface area contributed by atoms with Gasteiger partial charge in [0.05, 0.1) is 6.04 Å². The van der Waals surface area contributed by atoms with Gasteiger partial charge in [0.25, 0.3) is 5.91 Å². The zero-order chi connectivity index (χ0) is 11.1. The maximum atomic E-state index is 11.2. The molecule has 1 amide bonds. The van der Waals surface area contributed by atoms with Crippen molar-refractivity contribution >= 4 is 5.91 Å². The van der Waals surface area contributed by atoms with Crippen LogP contribution in [-0.2, 0) is 4.79 Å². The van der Waals surface area contributed by atoms with E-state index in [0.717, 1.165) is 19.5 Å². The van der Waals surface area contributed by atoms with E-state index in [0.29, 0.717) is 0 Å². The molecule has 0 aromatic heterocycles. The summed E-state index contributed by atoms with van der Waals surface area (Å²) in [6.45, 7) is 3.77. The van der Waals surface area contributed by atoms with Crippen LogP contribution in [0.3, 0.4) is 0 Å². The Balaban J connectivity index is 3.72. The Kier molecular flexibility index (Phi) is 6.44. The van der Waals surface area contributed by atoms with Gasteiger partial charge in [-0.2, -0.15) is 0 Å². The summed E-state index contributed by atoms with van der Waals surface area (Å²) in [5.74, 6) is 4.91. The summed E-state index contributed by atoms with van der Waals surface area (Å²) in [6.07, 6.45) is 1.05. The molecule has 0 rings (SSSR count). The van der Waals surface area contributed by atoms with Gasteiger partial charge in [0, 0.05) is 0 Å². The van der Waals surface area contributed by atoms with Crippen molar-refractivity contribution in [1.82, 2.24) is 15.2 Å². The minimum Gasteiger partial charge on any atom is -0.309 e. The number of carbonyl (C=O) groups excluding carboxylic acids is 1. The van der Waals surface area contributed by atoms with Gasteiger partial charge in [-0.05, 0) is 47.6 Å². The minimum absolute atomic E-state index is 0.141. The molecule has 0 aromatic rings. The summed E-state index contributed by atoms with van der Waals surface area (Å²) in [6, 6.07) is -0.165. The predicted octanol–water partition coefficient (Wildman–Crippen LogP) is -0.752. The van der Waals surface area contributed by atoms with Crippen LogP contribution >= 0.6 is 0 Å². The number of carbonyl (C=O) groups is 1. The van der Waals surface area contributed by atoms with Gasteiger partial charge in [0.15, 0.2) is 0 Å². The first kappa shape index (κ1) is 13.4. The van der Waals surface area contributed by atoms with Crippen LogP contribution in [0.5, 0.6) is 0 Å². The molecular formula is C9H22N4O. The van der Waals surface area contributed by atoms with Crippen LogP contribution in [0.4, 0.5) is 0 Å². The Morgan fingerprint density at radius 3 is 2.36 bits per heavy atom. The van der Waals surface area contributed by atoms with Gasteiger partial charge < -0.3 is 4.90 Å². The van der Waals surface area contributed by atoms with Gasteiger partial charge >= 0.3 is 0 Å². The summed E-state index contributed by atoms with van der Waals surface area (Å²) in [7, 11) is 6.00. The van der Waals surface area contributed by atoms with Gasteiger partial charge in [-0.15, -0.1) is 0 Å². The molecule has 0 radical (unpaired) electrons. The number of amides is 1. The highest BCUT2D eigenvalue weighted by atomic mass is 16.2. The molecule has 0 saturated carbocycles. The van der Waals surface area contributed by atoms with Crippen LogP contribution in [0, 0.1) is 0 Å². The smallest absolute Gasteiger partial charge is 0.250 e. The Labute approximate surface area is 86.2 Å². The second-order valence-corrected chi connectivity index (χ2v) is 3.82.